The first-order valence-electron chi connectivity index (χ1n) is 6.16. The van der Waals surface area contributed by atoms with Gasteiger partial charge in [0.1, 0.15) is 17.3 Å². The zero-order valence-electron chi connectivity index (χ0n) is 11.1. The Kier molecular flexibility index (Phi) is 3.09. The van der Waals surface area contributed by atoms with Crippen LogP contribution in [0.4, 0.5) is 14.5 Å². The number of hydrogen-bond acceptors (Lipinski definition) is 4. The van der Waals surface area contributed by atoms with Crippen molar-refractivity contribution in [3.63, 3.8) is 0 Å². The van der Waals surface area contributed by atoms with Crippen molar-refractivity contribution in [3.05, 3.63) is 53.6 Å². The fraction of sp³-hybridized carbons (Fsp3) is 0.0714. The molecule has 3 aromatic rings. The summed E-state index contributed by atoms with van der Waals surface area (Å²) in [5.41, 5.74) is 7.12. The number of rotatable bonds is 2. The lowest BCUT2D eigenvalue weighted by atomic mass is 10.1. The van der Waals surface area contributed by atoms with Crippen LogP contribution in [0.15, 0.2) is 36.4 Å². The van der Waals surface area contributed by atoms with E-state index in [0.29, 0.717) is 5.69 Å². The zero-order valence-corrected chi connectivity index (χ0v) is 11.1. The van der Waals surface area contributed by atoms with Gasteiger partial charge in [-0.15, -0.1) is 5.10 Å². The predicted molar refractivity (Wildman–Crippen MR) is 73.7 cm³/mol. The molecule has 0 aliphatic carbocycles. The van der Waals surface area contributed by atoms with Gasteiger partial charge in [-0.05, 0) is 53.2 Å². The third-order valence-electron chi connectivity index (χ3n) is 3.03. The zero-order chi connectivity index (χ0) is 15.0. The summed E-state index contributed by atoms with van der Waals surface area (Å²) in [5.74, 6) is -0.948. The molecule has 0 amide bonds. The molecule has 7 heteroatoms. The summed E-state index contributed by atoms with van der Waals surface area (Å²) in [7, 11) is 0. The van der Waals surface area contributed by atoms with Crippen molar-refractivity contribution in [2.75, 3.05) is 5.73 Å². The van der Waals surface area contributed by atoms with E-state index in [9.17, 15) is 8.78 Å². The van der Waals surface area contributed by atoms with Gasteiger partial charge in [0.15, 0.2) is 5.82 Å². The Morgan fingerprint density at radius 2 is 1.81 bits per heavy atom. The van der Waals surface area contributed by atoms with E-state index < -0.39 is 11.6 Å². The van der Waals surface area contributed by atoms with Gasteiger partial charge in [0.05, 0.1) is 5.56 Å². The normalized spacial score (nSPS) is 10.8. The van der Waals surface area contributed by atoms with Crippen LogP contribution in [0.2, 0.25) is 0 Å². The van der Waals surface area contributed by atoms with E-state index in [0.717, 1.165) is 10.2 Å². The smallest absolute Gasteiger partial charge is 0.190 e. The number of anilines is 1. The van der Waals surface area contributed by atoms with E-state index >= 15 is 0 Å². The second-order valence-electron chi connectivity index (χ2n) is 4.61. The number of nitrogens with zero attached hydrogens (tertiary/aromatic N) is 4. The molecule has 0 unspecified atom stereocenters. The van der Waals surface area contributed by atoms with E-state index in [1.165, 1.54) is 24.3 Å². The Morgan fingerprint density at radius 3 is 2.62 bits per heavy atom. The third kappa shape index (κ3) is 2.33. The lowest BCUT2D eigenvalue weighted by Gasteiger charge is -2.08. The van der Waals surface area contributed by atoms with Gasteiger partial charge in [0.25, 0.3) is 0 Å². The van der Waals surface area contributed by atoms with Gasteiger partial charge >= 0.3 is 0 Å². The second-order valence-corrected chi connectivity index (χ2v) is 4.61. The minimum Gasteiger partial charge on any atom is -0.399 e. The number of aryl methyl sites for hydroxylation is 1. The van der Waals surface area contributed by atoms with Gasteiger partial charge in [-0.2, -0.15) is 4.68 Å². The number of benzene rings is 2. The molecule has 0 atom stereocenters. The number of nitrogen functional groups attached to an aromatic ring is 1. The maximum Gasteiger partial charge on any atom is 0.190 e. The Morgan fingerprint density at radius 1 is 1.05 bits per heavy atom. The van der Waals surface area contributed by atoms with E-state index in [1.807, 2.05) is 6.92 Å². The molecule has 21 heavy (non-hydrogen) atoms. The Hall–Kier alpha value is -2.83. The standard InChI is InChI=1S/C14H11F2N5/c1-8-2-4-12(16)13(6-8)21-14(18-19-20-21)10-7-9(17)3-5-11(10)15/h2-7H,17H2,1H3. The summed E-state index contributed by atoms with van der Waals surface area (Å²) >= 11 is 0. The number of tetrazole rings is 1. The molecule has 0 aliphatic rings. The molecule has 1 heterocycles. The van der Waals surface area contributed by atoms with Crippen molar-refractivity contribution in [3.8, 4) is 17.1 Å². The highest BCUT2D eigenvalue weighted by Crippen LogP contribution is 2.25. The summed E-state index contributed by atoms with van der Waals surface area (Å²) in [6.07, 6.45) is 0. The van der Waals surface area contributed by atoms with Crippen molar-refractivity contribution in [2.45, 2.75) is 6.92 Å². The summed E-state index contributed by atoms with van der Waals surface area (Å²) in [4.78, 5) is 0. The van der Waals surface area contributed by atoms with Crippen LogP contribution in [0.3, 0.4) is 0 Å². The molecule has 0 aliphatic heterocycles. The fourth-order valence-electron chi connectivity index (χ4n) is 2.02. The summed E-state index contributed by atoms with van der Waals surface area (Å²) in [6, 6.07) is 8.58. The molecule has 0 saturated heterocycles. The van der Waals surface area contributed by atoms with Crippen molar-refractivity contribution >= 4 is 5.69 Å². The SMILES string of the molecule is Cc1ccc(F)c(-n2nnnc2-c2cc(N)ccc2F)c1. The maximum absolute atomic E-state index is 14.0. The van der Waals surface area contributed by atoms with E-state index in [1.54, 1.807) is 12.1 Å². The molecule has 1 aromatic heterocycles. The lowest BCUT2D eigenvalue weighted by Crippen LogP contribution is -2.04. The molecule has 5 nitrogen and oxygen atoms in total. The van der Waals surface area contributed by atoms with Gasteiger partial charge < -0.3 is 5.73 Å². The van der Waals surface area contributed by atoms with Gasteiger partial charge in [-0.25, -0.2) is 8.78 Å². The molecule has 3 rings (SSSR count). The highest BCUT2D eigenvalue weighted by molar-refractivity contribution is 5.63. The van der Waals surface area contributed by atoms with E-state index in [2.05, 4.69) is 15.5 Å². The van der Waals surface area contributed by atoms with Gasteiger partial charge in [-0.3, -0.25) is 0 Å². The minimum absolute atomic E-state index is 0.0873. The molecule has 2 N–H and O–H groups in total. The minimum atomic E-state index is -0.534. The fourth-order valence-corrected chi connectivity index (χ4v) is 2.02. The first-order chi connectivity index (χ1) is 10.1. The quantitative estimate of drug-likeness (QED) is 0.735. The molecule has 2 aromatic carbocycles. The third-order valence-corrected chi connectivity index (χ3v) is 3.03. The average Bonchev–Trinajstić information content (AvgIpc) is 2.93. The van der Waals surface area contributed by atoms with Crippen LogP contribution in [-0.4, -0.2) is 20.2 Å². The van der Waals surface area contributed by atoms with E-state index in [4.69, 9.17) is 5.73 Å². The molecular formula is C14H11F2N5. The number of halogens is 2. The maximum atomic E-state index is 14.0. The second kappa shape index (κ2) is 4.93. The van der Waals surface area contributed by atoms with Crippen molar-refractivity contribution in [1.82, 2.24) is 20.2 Å². The summed E-state index contributed by atoms with van der Waals surface area (Å²) in [6.45, 7) is 1.81. The Bertz CT molecular complexity index is 747. The van der Waals surface area contributed by atoms with Crippen LogP contribution in [-0.2, 0) is 0 Å². The highest BCUT2D eigenvalue weighted by Gasteiger charge is 2.17. The molecule has 0 spiro atoms. The first-order valence-corrected chi connectivity index (χ1v) is 6.16. The summed E-state index contributed by atoms with van der Waals surface area (Å²) in [5, 5.41) is 11.0. The Labute approximate surface area is 119 Å². The topological polar surface area (TPSA) is 69.6 Å². The van der Waals surface area contributed by atoms with Crippen LogP contribution in [0.1, 0.15) is 5.56 Å². The summed E-state index contributed by atoms with van der Waals surface area (Å²) < 4.78 is 29.1. The molecule has 0 radical (unpaired) electrons. The van der Waals surface area contributed by atoms with Crippen LogP contribution >= 0.6 is 0 Å². The highest BCUT2D eigenvalue weighted by atomic mass is 19.1. The lowest BCUT2D eigenvalue weighted by molar-refractivity contribution is 0.605. The first kappa shape index (κ1) is 13.2. The largest absolute Gasteiger partial charge is 0.399 e. The number of nitrogens with two attached hydrogens (primary N) is 1. The molecule has 0 saturated carbocycles. The van der Waals surface area contributed by atoms with Gasteiger partial charge in [0, 0.05) is 5.69 Å². The number of hydrogen-bond donors (Lipinski definition) is 1. The molecule has 106 valence electrons. The van der Waals surface area contributed by atoms with Crippen LogP contribution < -0.4 is 5.73 Å². The van der Waals surface area contributed by atoms with Crippen molar-refractivity contribution in [1.29, 1.82) is 0 Å². The van der Waals surface area contributed by atoms with Crippen molar-refractivity contribution < 1.29 is 8.78 Å². The van der Waals surface area contributed by atoms with Crippen LogP contribution in [0.5, 0.6) is 0 Å². The van der Waals surface area contributed by atoms with Crippen molar-refractivity contribution in [2.24, 2.45) is 0 Å². The van der Waals surface area contributed by atoms with Crippen LogP contribution in [0, 0.1) is 18.6 Å². The Balaban J connectivity index is 2.22. The average molecular weight is 287 g/mol. The van der Waals surface area contributed by atoms with Gasteiger partial charge in [-0.1, -0.05) is 6.07 Å². The molecule has 0 bridgehead atoms. The van der Waals surface area contributed by atoms with Gasteiger partial charge in [0.2, 0.25) is 0 Å². The molecule has 0 fully saturated rings. The van der Waals surface area contributed by atoms with E-state index in [-0.39, 0.29) is 17.1 Å². The molecular weight excluding hydrogens is 276 g/mol. The monoisotopic (exact) mass is 287 g/mol. The number of aromatic nitrogens is 4. The van der Waals surface area contributed by atoms with Crippen LogP contribution in [0.25, 0.3) is 17.1 Å². The predicted octanol–water partition coefficient (Wildman–Crippen LogP) is 2.50.